The van der Waals surface area contributed by atoms with Crippen molar-refractivity contribution in [3.63, 3.8) is 0 Å². The summed E-state index contributed by atoms with van der Waals surface area (Å²) in [5.41, 5.74) is 0. The van der Waals surface area contributed by atoms with E-state index in [1.165, 1.54) is 161 Å². The molecule has 0 aliphatic carbocycles. The minimum Gasteiger partial charge on any atom is -0.462 e. The van der Waals surface area contributed by atoms with Crippen molar-refractivity contribution in [3.8, 4) is 0 Å². The quantitative estimate of drug-likeness (QED) is 0.0347. The maximum Gasteiger partial charge on any atom is 0.306 e. The Morgan fingerprint density at radius 3 is 0.875 bits per heavy atom. The van der Waals surface area contributed by atoms with Crippen molar-refractivity contribution in [1.82, 2.24) is 0 Å². The summed E-state index contributed by atoms with van der Waals surface area (Å²) in [6.45, 7) is 11.3. The molecule has 0 aliphatic heterocycles. The molecule has 0 radical (unpaired) electrons. The molecule has 0 amide bonds. The van der Waals surface area contributed by atoms with Crippen LogP contribution >= 0.6 is 0 Å². The zero-order valence-electron chi connectivity index (χ0n) is 38.3. The van der Waals surface area contributed by atoms with Crippen LogP contribution in [0.1, 0.15) is 272 Å². The Labute approximate surface area is 348 Å². The lowest BCUT2D eigenvalue weighted by molar-refractivity contribution is -0.167. The van der Waals surface area contributed by atoms with Crippen LogP contribution in [-0.4, -0.2) is 37.2 Å². The number of hydrogen-bond acceptors (Lipinski definition) is 6. The van der Waals surface area contributed by atoms with Crippen LogP contribution in [0.2, 0.25) is 0 Å². The third-order valence-electron chi connectivity index (χ3n) is 11.2. The molecule has 0 aromatic heterocycles. The summed E-state index contributed by atoms with van der Waals surface area (Å²) < 4.78 is 16.8. The van der Waals surface area contributed by atoms with E-state index in [0.717, 1.165) is 69.6 Å². The van der Waals surface area contributed by atoms with Gasteiger partial charge in [0.15, 0.2) is 6.10 Å². The zero-order chi connectivity index (χ0) is 41.2. The fourth-order valence-electron chi connectivity index (χ4n) is 7.46. The molecule has 0 fully saturated rings. The first kappa shape index (κ1) is 54.4. The smallest absolute Gasteiger partial charge is 0.306 e. The van der Waals surface area contributed by atoms with Gasteiger partial charge in [-0.3, -0.25) is 14.4 Å². The Bertz CT molecular complexity index is 854. The van der Waals surface area contributed by atoms with E-state index in [9.17, 15) is 14.4 Å². The molecule has 0 heterocycles. The normalized spacial score (nSPS) is 12.1. The summed E-state index contributed by atoms with van der Waals surface area (Å²) in [4.78, 5) is 37.8. The van der Waals surface area contributed by atoms with E-state index >= 15 is 0 Å². The molecule has 6 nitrogen and oxygen atoms in total. The largest absolute Gasteiger partial charge is 0.462 e. The van der Waals surface area contributed by atoms with Gasteiger partial charge in [-0.15, -0.1) is 0 Å². The number of carbonyl (C=O) groups is 3. The van der Waals surface area contributed by atoms with E-state index in [0.29, 0.717) is 19.3 Å². The van der Waals surface area contributed by atoms with Crippen LogP contribution in [-0.2, 0) is 28.6 Å². The summed E-state index contributed by atoms with van der Waals surface area (Å²) >= 11 is 0. The van der Waals surface area contributed by atoms with Crippen LogP contribution in [0.25, 0.3) is 0 Å². The average Bonchev–Trinajstić information content (AvgIpc) is 3.16. The van der Waals surface area contributed by atoms with Gasteiger partial charge < -0.3 is 14.2 Å². The minimum absolute atomic E-state index is 0.0643. The number of ether oxygens (including phenoxy) is 3. The lowest BCUT2D eigenvalue weighted by Crippen LogP contribution is -2.30. The molecule has 0 spiro atoms. The zero-order valence-corrected chi connectivity index (χ0v) is 38.3. The third kappa shape index (κ3) is 43.5. The monoisotopic (exact) mass is 793 g/mol. The summed E-state index contributed by atoms with van der Waals surface area (Å²) in [7, 11) is 0. The van der Waals surface area contributed by atoms with Gasteiger partial charge >= 0.3 is 17.9 Å². The predicted octanol–water partition coefficient (Wildman–Crippen LogP) is 15.8. The van der Waals surface area contributed by atoms with E-state index < -0.39 is 6.10 Å². The van der Waals surface area contributed by atoms with Crippen LogP contribution in [0.4, 0.5) is 0 Å². The van der Waals surface area contributed by atoms with Crippen molar-refractivity contribution in [2.45, 2.75) is 278 Å². The van der Waals surface area contributed by atoms with Crippen molar-refractivity contribution in [1.29, 1.82) is 0 Å². The third-order valence-corrected chi connectivity index (χ3v) is 11.2. The highest BCUT2D eigenvalue weighted by Crippen LogP contribution is 2.17. The highest BCUT2D eigenvalue weighted by molar-refractivity contribution is 5.71. The lowest BCUT2D eigenvalue weighted by Gasteiger charge is -2.18. The van der Waals surface area contributed by atoms with E-state index in [-0.39, 0.29) is 31.1 Å². The number of unbranched alkanes of at least 4 members (excludes halogenated alkanes) is 29. The SMILES string of the molecule is CCCCCCCCCCCC(=O)OC[C@H](COC(=O)CCCCCCCCCCCCC(C)C)OC(=O)CCCCCCCCCCCCCCCC(C)C. The molecule has 0 saturated carbocycles. The number of hydrogen-bond donors (Lipinski definition) is 0. The molecule has 0 bridgehead atoms. The van der Waals surface area contributed by atoms with Crippen molar-refractivity contribution in [2.75, 3.05) is 13.2 Å². The van der Waals surface area contributed by atoms with Gasteiger partial charge in [-0.05, 0) is 31.1 Å². The van der Waals surface area contributed by atoms with Gasteiger partial charge in [0.2, 0.25) is 0 Å². The van der Waals surface area contributed by atoms with E-state index in [1.807, 2.05) is 0 Å². The van der Waals surface area contributed by atoms with Crippen LogP contribution in [0, 0.1) is 11.8 Å². The van der Waals surface area contributed by atoms with E-state index in [2.05, 4.69) is 34.6 Å². The standard InChI is InChI=1S/C50H96O6/c1-6-7-8-9-10-18-25-30-35-40-48(51)54-43-47(44-55-49(52)41-36-31-26-21-17-16-20-24-29-34-39-46(4)5)56-50(53)42-37-32-27-22-15-13-11-12-14-19-23-28-33-38-45(2)3/h45-47H,6-44H2,1-5H3/t47-/m1/s1. The van der Waals surface area contributed by atoms with Crippen LogP contribution < -0.4 is 0 Å². The molecule has 6 heteroatoms. The second-order valence-electron chi connectivity index (χ2n) is 18.1. The molecular formula is C50H96O6. The number of carbonyl (C=O) groups excluding carboxylic acids is 3. The first-order chi connectivity index (χ1) is 27.2. The van der Waals surface area contributed by atoms with Crippen molar-refractivity contribution in [3.05, 3.63) is 0 Å². The molecule has 0 aromatic carbocycles. The number of esters is 3. The second-order valence-corrected chi connectivity index (χ2v) is 18.1. The topological polar surface area (TPSA) is 78.9 Å². The Kier molecular flexibility index (Phi) is 41.8. The van der Waals surface area contributed by atoms with Gasteiger partial charge in [0.25, 0.3) is 0 Å². The highest BCUT2D eigenvalue weighted by atomic mass is 16.6. The molecule has 0 unspecified atom stereocenters. The Balaban J connectivity index is 4.29. The predicted molar refractivity (Wildman–Crippen MR) is 238 cm³/mol. The van der Waals surface area contributed by atoms with Gasteiger partial charge in [-0.25, -0.2) is 0 Å². The molecule has 0 saturated heterocycles. The van der Waals surface area contributed by atoms with Crippen molar-refractivity contribution < 1.29 is 28.6 Å². The fourth-order valence-corrected chi connectivity index (χ4v) is 7.46. The molecule has 0 aromatic rings. The molecule has 0 aliphatic rings. The average molecular weight is 793 g/mol. The van der Waals surface area contributed by atoms with Crippen LogP contribution in [0.3, 0.4) is 0 Å². The summed E-state index contributed by atoms with van der Waals surface area (Å²) in [6, 6.07) is 0. The Morgan fingerprint density at radius 2 is 0.589 bits per heavy atom. The van der Waals surface area contributed by atoms with Crippen LogP contribution in [0.15, 0.2) is 0 Å². The van der Waals surface area contributed by atoms with Gasteiger partial charge in [0, 0.05) is 19.3 Å². The van der Waals surface area contributed by atoms with Crippen molar-refractivity contribution in [2.24, 2.45) is 11.8 Å². The van der Waals surface area contributed by atoms with E-state index in [1.54, 1.807) is 0 Å². The van der Waals surface area contributed by atoms with E-state index in [4.69, 9.17) is 14.2 Å². The van der Waals surface area contributed by atoms with Crippen LogP contribution in [0.5, 0.6) is 0 Å². The minimum atomic E-state index is -0.760. The Morgan fingerprint density at radius 1 is 0.339 bits per heavy atom. The highest BCUT2D eigenvalue weighted by Gasteiger charge is 2.19. The lowest BCUT2D eigenvalue weighted by atomic mass is 10.0. The molecule has 56 heavy (non-hydrogen) atoms. The maximum atomic E-state index is 12.8. The van der Waals surface area contributed by atoms with Gasteiger partial charge in [-0.1, -0.05) is 234 Å². The molecular weight excluding hydrogens is 697 g/mol. The van der Waals surface area contributed by atoms with Gasteiger partial charge in [0.05, 0.1) is 0 Å². The summed E-state index contributed by atoms with van der Waals surface area (Å²) in [5, 5.41) is 0. The summed E-state index contributed by atoms with van der Waals surface area (Å²) in [6.07, 6.45) is 42.3. The number of rotatable bonds is 44. The van der Waals surface area contributed by atoms with Gasteiger partial charge in [0.1, 0.15) is 13.2 Å². The fraction of sp³-hybridized carbons (Fsp3) is 0.940. The molecule has 0 N–H and O–H groups in total. The molecule has 0 rings (SSSR count). The second kappa shape index (κ2) is 43.0. The molecule has 1 atom stereocenters. The van der Waals surface area contributed by atoms with Gasteiger partial charge in [-0.2, -0.15) is 0 Å². The molecule has 332 valence electrons. The first-order valence-electron chi connectivity index (χ1n) is 24.7. The summed E-state index contributed by atoms with van der Waals surface area (Å²) in [5.74, 6) is 0.803. The maximum absolute atomic E-state index is 12.8. The van der Waals surface area contributed by atoms with Crippen molar-refractivity contribution >= 4 is 17.9 Å². The Hall–Kier alpha value is -1.59. The first-order valence-corrected chi connectivity index (χ1v) is 24.7.